The molecule has 3 aromatic carbocycles. The van der Waals surface area contributed by atoms with Gasteiger partial charge in [-0.25, -0.2) is 0 Å². The Morgan fingerprint density at radius 2 is 1.81 bits per heavy atom. The average Bonchev–Trinajstić information content (AvgIpc) is 3.00. The van der Waals surface area contributed by atoms with Crippen LogP contribution in [0.15, 0.2) is 87.2 Å². The summed E-state index contributed by atoms with van der Waals surface area (Å²) >= 11 is 11.5. The van der Waals surface area contributed by atoms with Gasteiger partial charge in [-0.3, -0.25) is 0 Å². The molecule has 1 heterocycles. The summed E-state index contributed by atoms with van der Waals surface area (Å²) in [5.74, 6) is 0. The third-order valence-corrected chi connectivity index (χ3v) is 6.21. The Morgan fingerprint density at radius 1 is 1.00 bits per heavy atom. The maximum absolute atomic E-state index is 9.40. The summed E-state index contributed by atoms with van der Waals surface area (Å²) in [6, 6.07) is 22.2. The molecule has 2 nitrogen and oxygen atoms in total. The number of aromatic nitrogens is 1. The maximum Gasteiger partial charge on any atom is 0.0692 e. The molecular formula is C21H15BrClNOS. The van der Waals surface area contributed by atoms with Crippen molar-refractivity contribution in [3.05, 3.63) is 88.0 Å². The first-order chi connectivity index (χ1) is 12.7. The number of hydrogen-bond donors (Lipinski definition) is 1. The molecule has 0 bridgehead atoms. The lowest BCUT2D eigenvalue weighted by Gasteiger charge is -2.08. The Bertz CT molecular complexity index is 1080. The van der Waals surface area contributed by atoms with Crippen molar-refractivity contribution in [3.63, 3.8) is 0 Å². The maximum atomic E-state index is 9.40. The highest BCUT2D eigenvalue weighted by molar-refractivity contribution is 9.10. The molecule has 4 rings (SSSR count). The molecule has 5 heteroatoms. The predicted octanol–water partition coefficient (Wildman–Crippen LogP) is 6.69. The molecule has 0 atom stereocenters. The van der Waals surface area contributed by atoms with Gasteiger partial charge in [0.05, 0.1) is 12.1 Å². The molecule has 0 fully saturated rings. The minimum Gasteiger partial charge on any atom is -0.392 e. The summed E-state index contributed by atoms with van der Waals surface area (Å²) in [5, 5.41) is 11.2. The van der Waals surface area contributed by atoms with E-state index in [0.29, 0.717) is 0 Å². The zero-order valence-corrected chi connectivity index (χ0v) is 16.9. The summed E-state index contributed by atoms with van der Waals surface area (Å²) < 4.78 is 3.05. The second kappa shape index (κ2) is 7.49. The van der Waals surface area contributed by atoms with E-state index in [1.807, 2.05) is 54.6 Å². The molecule has 0 radical (unpaired) electrons. The zero-order chi connectivity index (χ0) is 18.1. The van der Waals surface area contributed by atoms with E-state index in [-0.39, 0.29) is 6.61 Å². The van der Waals surface area contributed by atoms with E-state index < -0.39 is 0 Å². The van der Waals surface area contributed by atoms with Crippen molar-refractivity contribution in [1.29, 1.82) is 0 Å². The minimum absolute atomic E-state index is 0.0119. The Balaban J connectivity index is 1.86. The monoisotopic (exact) mass is 443 g/mol. The predicted molar refractivity (Wildman–Crippen MR) is 112 cm³/mol. The molecule has 26 heavy (non-hydrogen) atoms. The van der Waals surface area contributed by atoms with E-state index in [1.165, 1.54) is 4.90 Å². The summed E-state index contributed by atoms with van der Waals surface area (Å²) in [6.07, 6.45) is 2.14. The number of fused-ring (bicyclic) bond motifs is 1. The summed E-state index contributed by atoms with van der Waals surface area (Å²) in [5.41, 5.74) is 2.99. The van der Waals surface area contributed by atoms with Crippen molar-refractivity contribution < 1.29 is 5.11 Å². The van der Waals surface area contributed by atoms with E-state index in [2.05, 4.69) is 38.8 Å². The standard InChI is InChI=1S/C21H15BrClNOS/c22-19-11-16(8-6-14(19)13-25)24-12-21(26-17-4-2-1-3-5-17)18-10-15(23)7-9-20(18)24/h1-12,25H,13H2. The van der Waals surface area contributed by atoms with Gasteiger partial charge < -0.3 is 9.67 Å². The number of hydrogen-bond acceptors (Lipinski definition) is 2. The second-order valence-corrected chi connectivity index (χ2v) is 8.28. The Kier molecular flexibility index (Phi) is 5.09. The summed E-state index contributed by atoms with van der Waals surface area (Å²) in [6.45, 7) is 0.0119. The number of nitrogens with zero attached hydrogens (tertiary/aromatic N) is 1. The van der Waals surface area contributed by atoms with Crippen LogP contribution in [0, 0.1) is 0 Å². The molecule has 1 aromatic heterocycles. The van der Waals surface area contributed by atoms with E-state index in [1.54, 1.807) is 11.8 Å². The Morgan fingerprint density at radius 3 is 2.54 bits per heavy atom. The first-order valence-corrected chi connectivity index (χ1v) is 10.1. The number of rotatable bonds is 4. The summed E-state index contributed by atoms with van der Waals surface area (Å²) in [4.78, 5) is 2.33. The van der Waals surface area contributed by atoms with Gasteiger partial charge in [0.25, 0.3) is 0 Å². The smallest absolute Gasteiger partial charge is 0.0692 e. The highest BCUT2D eigenvalue weighted by Crippen LogP contribution is 2.37. The van der Waals surface area contributed by atoms with Crippen LogP contribution in [0.3, 0.4) is 0 Å². The van der Waals surface area contributed by atoms with Gasteiger partial charge in [0.1, 0.15) is 0 Å². The molecule has 0 aliphatic carbocycles. The van der Waals surface area contributed by atoms with Gasteiger partial charge in [0, 0.05) is 36.6 Å². The molecule has 0 aliphatic heterocycles. The van der Waals surface area contributed by atoms with Gasteiger partial charge in [0.2, 0.25) is 0 Å². The molecule has 130 valence electrons. The highest BCUT2D eigenvalue weighted by Gasteiger charge is 2.13. The lowest BCUT2D eigenvalue weighted by molar-refractivity contribution is 0.281. The molecule has 0 spiro atoms. The van der Waals surface area contributed by atoms with Gasteiger partial charge in [-0.1, -0.05) is 63.6 Å². The van der Waals surface area contributed by atoms with Crippen molar-refractivity contribution in [2.45, 2.75) is 16.4 Å². The van der Waals surface area contributed by atoms with E-state index in [0.717, 1.165) is 36.5 Å². The largest absolute Gasteiger partial charge is 0.392 e. The molecule has 0 saturated carbocycles. The lowest BCUT2D eigenvalue weighted by Crippen LogP contribution is -1.94. The first kappa shape index (κ1) is 17.7. The lowest BCUT2D eigenvalue weighted by atomic mass is 10.2. The third-order valence-electron chi connectivity index (χ3n) is 4.19. The molecule has 0 aliphatic rings. The van der Waals surface area contributed by atoms with Crippen LogP contribution >= 0.6 is 39.3 Å². The fourth-order valence-corrected chi connectivity index (χ4v) is 4.54. The van der Waals surface area contributed by atoms with Gasteiger partial charge in [-0.2, -0.15) is 0 Å². The van der Waals surface area contributed by atoms with Crippen LogP contribution in [0.2, 0.25) is 5.02 Å². The quantitative estimate of drug-likeness (QED) is 0.379. The molecule has 0 unspecified atom stereocenters. The topological polar surface area (TPSA) is 25.2 Å². The van der Waals surface area contributed by atoms with Crippen molar-refractivity contribution >= 4 is 50.2 Å². The van der Waals surface area contributed by atoms with Gasteiger partial charge in [-0.05, 0) is 48.0 Å². The molecule has 4 aromatic rings. The van der Waals surface area contributed by atoms with Crippen molar-refractivity contribution in [3.8, 4) is 5.69 Å². The molecular weight excluding hydrogens is 430 g/mol. The third kappa shape index (κ3) is 3.42. The van der Waals surface area contributed by atoms with E-state index in [9.17, 15) is 5.11 Å². The fraction of sp³-hybridized carbons (Fsp3) is 0.0476. The number of halogens is 2. The number of benzene rings is 3. The molecule has 0 saturated heterocycles. The van der Waals surface area contributed by atoms with Crippen LogP contribution in [0.4, 0.5) is 0 Å². The molecule has 1 N–H and O–H groups in total. The van der Waals surface area contributed by atoms with Crippen LogP contribution in [0.1, 0.15) is 5.56 Å². The summed E-state index contributed by atoms with van der Waals surface area (Å²) in [7, 11) is 0. The van der Waals surface area contributed by atoms with Crippen LogP contribution in [-0.2, 0) is 6.61 Å². The van der Waals surface area contributed by atoms with E-state index >= 15 is 0 Å². The zero-order valence-electron chi connectivity index (χ0n) is 13.7. The Hall–Kier alpha value is -1.72. The van der Waals surface area contributed by atoms with Crippen LogP contribution in [0.25, 0.3) is 16.6 Å². The SMILES string of the molecule is OCc1ccc(-n2cc(Sc3ccccc3)c3cc(Cl)ccc32)cc1Br. The average molecular weight is 445 g/mol. The van der Waals surface area contributed by atoms with Crippen molar-refractivity contribution in [2.24, 2.45) is 0 Å². The van der Waals surface area contributed by atoms with Crippen LogP contribution in [-0.4, -0.2) is 9.67 Å². The van der Waals surface area contributed by atoms with Crippen LogP contribution < -0.4 is 0 Å². The minimum atomic E-state index is 0.0119. The second-order valence-electron chi connectivity index (χ2n) is 5.87. The molecule has 0 amide bonds. The van der Waals surface area contributed by atoms with Gasteiger partial charge in [0.15, 0.2) is 0 Å². The first-order valence-electron chi connectivity index (χ1n) is 8.09. The Labute approximate surface area is 169 Å². The van der Waals surface area contributed by atoms with Gasteiger partial charge in [-0.15, -0.1) is 0 Å². The highest BCUT2D eigenvalue weighted by atomic mass is 79.9. The van der Waals surface area contributed by atoms with Gasteiger partial charge >= 0.3 is 0 Å². The van der Waals surface area contributed by atoms with E-state index in [4.69, 9.17) is 11.6 Å². The van der Waals surface area contributed by atoms with Crippen molar-refractivity contribution in [1.82, 2.24) is 4.57 Å². The van der Waals surface area contributed by atoms with Crippen LogP contribution in [0.5, 0.6) is 0 Å². The number of aliphatic hydroxyl groups excluding tert-OH is 1. The fourth-order valence-electron chi connectivity index (χ4n) is 2.90. The van der Waals surface area contributed by atoms with Crippen molar-refractivity contribution in [2.75, 3.05) is 0 Å². The normalized spacial score (nSPS) is 11.2. The number of aliphatic hydroxyl groups is 1.